The van der Waals surface area contributed by atoms with Gasteiger partial charge in [-0.05, 0) is 39.2 Å². The molecular formula is C17H24ClFN4O2. The number of hydrogen-bond donors (Lipinski definition) is 2. The first-order valence-electron chi connectivity index (χ1n) is 7.99. The molecule has 0 spiro atoms. The van der Waals surface area contributed by atoms with Crippen LogP contribution in [-0.2, 0) is 0 Å². The van der Waals surface area contributed by atoms with E-state index in [4.69, 9.17) is 16.9 Å². The summed E-state index contributed by atoms with van der Waals surface area (Å²) in [7, 11) is 0. The molecule has 6 nitrogen and oxygen atoms in total. The molecule has 0 bridgehead atoms. The second-order valence-corrected chi connectivity index (χ2v) is 7.66. The second kappa shape index (κ2) is 8.34. The van der Waals surface area contributed by atoms with Crippen LogP contribution in [-0.4, -0.2) is 39.2 Å². The Bertz CT molecular complexity index is 668. The van der Waals surface area contributed by atoms with Gasteiger partial charge in [0.2, 0.25) is 0 Å². The molecule has 1 atom stereocenters. The molecular weight excluding hydrogens is 347 g/mol. The van der Waals surface area contributed by atoms with Crippen LogP contribution < -0.4 is 5.32 Å². The fourth-order valence-corrected chi connectivity index (χ4v) is 2.63. The van der Waals surface area contributed by atoms with Gasteiger partial charge in [0, 0.05) is 18.1 Å². The van der Waals surface area contributed by atoms with Crippen molar-refractivity contribution in [2.45, 2.75) is 52.6 Å². The number of hydrogen-bond acceptors (Lipinski definition) is 4. The largest absolute Gasteiger partial charge is 0.465 e. The van der Waals surface area contributed by atoms with E-state index in [0.29, 0.717) is 6.42 Å². The molecule has 2 N–H and O–H groups in total. The first-order chi connectivity index (χ1) is 11.5. The first kappa shape index (κ1) is 21.0. The maximum Gasteiger partial charge on any atom is 0.407 e. The van der Waals surface area contributed by atoms with Crippen molar-refractivity contribution < 1.29 is 14.3 Å². The third-order valence-corrected chi connectivity index (χ3v) is 3.88. The van der Waals surface area contributed by atoms with Gasteiger partial charge in [0.05, 0.1) is 5.56 Å². The molecule has 0 radical (unpaired) electrons. The van der Waals surface area contributed by atoms with Crippen molar-refractivity contribution in [3.8, 4) is 6.07 Å². The Hall–Kier alpha value is -2.07. The zero-order valence-corrected chi connectivity index (χ0v) is 15.9. The van der Waals surface area contributed by atoms with Crippen molar-refractivity contribution in [2.24, 2.45) is 5.92 Å². The molecule has 0 aliphatic rings. The summed E-state index contributed by atoms with van der Waals surface area (Å²) in [5.41, 5.74) is -0.649. The van der Waals surface area contributed by atoms with E-state index in [1.54, 1.807) is 26.8 Å². The predicted molar refractivity (Wildman–Crippen MR) is 95.3 cm³/mol. The number of pyridine rings is 1. The molecule has 1 amide bonds. The Balaban J connectivity index is 3.10. The maximum absolute atomic E-state index is 14.2. The van der Waals surface area contributed by atoms with Gasteiger partial charge in [0.15, 0.2) is 11.6 Å². The summed E-state index contributed by atoms with van der Waals surface area (Å²) in [6.07, 6.45) is -0.437. The van der Waals surface area contributed by atoms with Crippen molar-refractivity contribution in [1.29, 1.82) is 5.26 Å². The van der Waals surface area contributed by atoms with Crippen LogP contribution in [0.3, 0.4) is 0 Å². The Kier molecular flexibility index (Phi) is 7.00. The molecule has 1 aromatic heterocycles. The number of carbonyl (C=O) groups is 1. The Morgan fingerprint density at radius 1 is 1.52 bits per heavy atom. The molecule has 1 aromatic rings. The van der Waals surface area contributed by atoms with Gasteiger partial charge in [-0.2, -0.15) is 5.26 Å². The maximum atomic E-state index is 14.2. The molecule has 25 heavy (non-hydrogen) atoms. The van der Waals surface area contributed by atoms with Crippen LogP contribution in [0.4, 0.5) is 15.0 Å². The van der Waals surface area contributed by atoms with Gasteiger partial charge in [0.25, 0.3) is 0 Å². The first-order valence-corrected chi connectivity index (χ1v) is 8.36. The van der Waals surface area contributed by atoms with Crippen molar-refractivity contribution in [2.75, 3.05) is 11.9 Å². The summed E-state index contributed by atoms with van der Waals surface area (Å²) in [6.45, 7) is 9.54. The molecule has 8 heteroatoms. The van der Waals surface area contributed by atoms with Crippen LogP contribution in [0.1, 0.15) is 46.6 Å². The fraction of sp³-hybridized carbons (Fsp3) is 0.588. The van der Waals surface area contributed by atoms with Crippen molar-refractivity contribution in [3.63, 3.8) is 0 Å². The molecule has 0 fully saturated rings. The van der Waals surface area contributed by atoms with Gasteiger partial charge in [-0.3, -0.25) is 0 Å². The lowest BCUT2D eigenvalue weighted by Crippen LogP contribution is -2.50. The van der Waals surface area contributed by atoms with Crippen LogP contribution in [0.5, 0.6) is 0 Å². The van der Waals surface area contributed by atoms with Gasteiger partial charge < -0.3 is 15.3 Å². The average molecular weight is 371 g/mol. The number of nitrogens with zero attached hydrogens (tertiary/aromatic N) is 3. The molecule has 1 heterocycles. The molecule has 0 saturated carbocycles. The van der Waals surface area contributed by atoms with Gasteiger partial charge in [-0.25, -0.2) is 14.2 Å². The van der Waals surface area contributed by atoms with E-state index in [0.717, 1.165) is 6.07 Å². The van der Waals surface area contributed by atoms with Crippen molar-refractivity contribution in [3.05, 3.63) is 22.6 Å². The van der Waals surface area contributed by atoms with E-state index < -0.39 is 17.4 Å². The number of rotatable bonds is 6. The zero-order valence-electron chi connectivity index (χ0n) is 15.1. The molecule has 0 unspecified atom stereocenters. The summed E-state index contributed by atoms with van der Waals surface area (Å²) in [5, 5.41) is 21.2. The molecule has 1 rings (SSSR count). The van der Waals surface area contributed by atoms with Crippen LogP contribution in [0.15, 0.2) is 6.07 Å². The Morgan fingerprint density at radius 2 is 2.12 bits per heavy atom. The molecule has 0 aromatic carbocycles. The van der Waals surface area contributed by atoms with E-state index in [-0.39, 0.29) is 35.0 Å². The number of nitriles is 1. The van der Waals surface area contributed by atoms with Gasteiger partial charge in [-0.15, -0.1) is 0 Å². The molecule has 0 saturated heterocycles. The molecule has 138 valence electrons. The van der Waals surface area contributed by atoms with Crippen molar-refractivity contribution >= 4 is 23.5 Å². The lowest BCUT2D eigenvalue weighted by Gasteiger charge is -2.36. The fourth-order valence-electron chi connectivity index (χ4n) is 2.45. The van der Waals surface area contributed by atoms with E-state index in [1.165, 1.54) is 4.90 Å². The van der Waals surface area contributed by atoms with Crippen LogP contribution in [0, 0.1) is 23.1 Å². The summed E-state index contributed by atoms with van der Waals surface area (Å²) in [6, 6.07) is 2.42. The SMILES string of the molecule is CC(C)C[C@@H](CN(C(=O)O)C(C)(C)C)Nc1nc(Cl)c(C#N)cc1F. The highest BCUT2D eigenvalue weighted by molar-refractivity contribution is 6.30. The number of nitrogens with one attached hydrogen (secondary N) is 1. The van der Waals surface area contributed by atoms with Crippen molar-refractivity contribution in [1.82, 2.24) is 9.88 Å². The van der Waals surface area contributed by atoms with Crippen LogP contribution in [0.2, 0.25) is 5.15 Å². The third kappa shape index (κ3) is 6.05. The normalized spacial score (nSPS) is 12.6. The number of carboxylic acid groups (broad SMARTS) is 1. The van der Waals surface area contributed by atoms with E-state index >= 15 is 0 Å². The summed E-state index contributed by atoms with van der Waals surface area (Å²) < 4.78 is 14.2. The highest BCUT2D eigenvalue weighted by atomic mass is 35.5. The smallest absolute Gasteiger partial charge is 0.407 e. The van der Waals surface area contributed by atoms with E-state index in [2.05, 4.69) is 10.3 Å². The zero-order chi connectivity index (χ0) is 19.4. The third-order valence-electron chi connectivity index (χ3n) is 3.59. The highest BCUT2D eigenvalue weighted by Gasteiger charge is 2.29. The summed E-state index contributed by atoms with van der Waals surface area (Å²) in [5.74, 6) is -0.536. The number of anilines is 1. The van der Waals surface area contributed by atoms with Gasteiger partial charge in [0.1, 0.15) is 11.2 Å². The number of aromatic nitrogens is 1. The lowest BCUT2D eigenvalue weighted by atomic mass is 10.00. The van der Waals surface area contributed by atoms with E-state index in [9.17, 15) is 14.3 Å². The summed E-state index contributed by atoms with van der Waals surface area (Å²) >= 11 is 5.87. The summed E-state index contributed by atoms with van der Waals surface area (Å²) in [4.78, 5) is 16.8. The number of amides is 1. The monoisotopic (exact) mass is 370 g/mol. The number of halogens is 2. The molecule has 0 aliphatic carbocycles. The van der Waals surface area contributed by atoms with E-state index in [1.807, 2.05) is 13.8 Å². The predicted octanol–water partition coefficient (Wildman–Crippen LogP) is 4.35. The molecule has 0 aliphatic heterocycles. The minimum Gasteiger partial charge on any atom is -0.465 e. The average Bonchev–Trinajstić information content (AvgIpc) is 2.45. The Labute approximate surface area is 152 Å². The Morgan fingerprint density at radius 3 is 2.56 bits per heavy atom. The van der Waals surface area contributed by atoms with Gasteiger partial charge >= 0.3 is 6.09 Å². The topological polar surface area (TPSA) is 89.2 Å². The minimum absolute atomic E-state index is 0.0491. The van der Waals surface area contributed by atoms with Crippen LogP contribution >= 0.6 is 11.6 Å². The minimum atomic E-state index is -1.05. The standard InChI is InChI=1S/C17H24ClFN4O2/c1-10(2)6-12(9-23(16(24)25)17(3,4)5)21-15-13(19)7-11(8-20)14(18)22-15/h7,10,12H,6,9H2,1-5H3,(H,21,22)(H,24,25)/t12-/m0/s1. The highest BCUT2D eigenvalue weighted by Crippen LogP contribution is 2.23. The second-order valence-electron chi connectivity index (χ2n) is 7.30. The lowest BCUT2D eigenvalue weighted by molar-refractivity contribution is 0.0958. The van der Waals surface area contributed by atoms with Crippen LogP contribution in [0.25, 0.3) is 0 Å². The van der Waals surface area contributed by atoms with Gasteiger partial charge in [-0.1, -0.05) is 25.4 Å². The quantitative estimate of drug-likeness (QED) is 0.726.